The van der Waals surface area contributed by atoms with E-state index in [0.29, 0.717) is 12.1 Å². The molecule has 1 aromatic carbocycles. The lowest BCUT2D eigenvalue weighted by Crippen LogP contribution is -2.09. The highest BCUT2D eigenvalue weighted by Gasteiger charge is 2.32. The third-order valence-electron chi connectivity index (χ3n) is 2.73. The van der Waals surface area contributed by atoms with Crippen LogP contribution < -0.4 is 10.9 Å². The lowest BCUT2D eigenvalue weighted by atomic mass is 10.2. The molecular weight excluding hydrogens is 355 g/mol. The van der Waals surface area contributed by atoms with Crippen molar-refractivity contribution in [1.82, 2.24) is 4.37 Å². The number of alkyl halides is 3. The van der Waals surface area contributed by atoms with Gasteiger partial charge in [0, 0.05) is 11.9 Å². The summed E-state index contributed by atoms with van der Waals surface area (Å²) < 4.78 is 64.0. The first-order chi connectivity index (χ1) is 10.5. The molecule has 0 saturated heterocycles. The number of hydrogen-bond acceptors (Lipinski definition) is 6. The first-order valence-electron chi connectivity index (χ1n) is 5.83. The standard InChI is InChI=1S/C12H8F3N3O3S2/c1-23(20,21)8-3-6(12(13,14)15)2-7(4-8)17-11-9(5-16)10(19)18-22-11/h2-4,17H,1H3,(H,18,19). The Balaban J connectivity index is 2.58. The minimum atomic E-state index is -4.75. The largest absolute Gasteiger partial charge is 0.416 e. The molecule has 0 fully saturated rings. The zero-order valence-electron chi connectivity index (χ0n) is 11.4. The summed E-state index contributed by atoms with van der Waals surface area (Å²) in [5, 5.41) is 11.3. The Kier molecular flexibility index (Phi) is 4.23. The Morgan fingerprint density at radius 1 is 1.30 bits per heavy atom. The molecule has 6 nitrogen and oxygen atoms in total. The molecule has 1 heterocycles. The van der Waals surface area contributed by atoms with Gasteiger partial charge < -0.3 is 5.32 Å². The van der Waals surface area contributed by atoms with Gasteiger partial charge >= 0.3 is 6.18 Å². The molecule has 0 aliphatic heterocycles. The molecule has 0 aliphatic rings. The minimum Gasteiger partial charge on any atom is -0.345 e. The number of nitriles is 1. The topological polar surface area (TPSA) is 103 Å². The molecule has 1 aromatic heterocycles. The van der Waals surface area contributed by atoms with E-state index >= 15 is 0 Å². The second-order valence-electron chi connectivity index (χ2n) is 4.49. The van der Waals surface area contributed by atoms with Crippen LogP contribution in [0.5, 0.6) is 0 Å². The van der Waals surface area contributed by atoms with Crippen LogP contribution in [-0.4, -0.2) is 19.0 Å². The summed E-state index contributed by atoms with van der Waals surface area (Å²) in [4.78, 5) is 10.8. The van der Waals surface area contributed by atoms with Crippen molar-refractivity contribution < 1.29 is 21.6 Å². The van der Waals surface area contributed by atoms with E-state index in [1.165, 1.54) is 0 Å². The highest BCUT2D eigenvalue weighted by Crippen LogP contribution is 2.34. The van der Waals surface area contributed by atoms with Crippen molar-refractivity contribution in [2.24, 2.45) is 0 Å². The lowest BCUT2D eigenvalue weighted by molar-refractivity contribution is -0.137. The third-order valence-corrected chi connectivity index (χ3v) is 4.62. The van der Waals surface area contributed by atoms with E-state index in [2.05, 4.69) is 9.69 Å². The fourth-order valence-corrected chi connectivity index (χ4v) is 3.06. The van der Waals surface area contributed by atoms with Gasteiger partial charge in [-0.1, -0.05) is 0 Å². The van der Waals surface area contributed by atoms with Gasteiger partial charge in [0.25, 0.3) is 5.56 Å². The van der Waals surface area contributed by atoms with E-state index in [-0.39, 0.29) is 16.3 Å². The van der Waals surface area contributed by atoms with Gasteiger partial charge in [-0.05, 0) is 29.7 Å². The molecule has 0 unspecified atom stereocenters. The molecule has 2 N–H and O–H groups in total. The van der Waals surface area contributed by atoms with E-state index in [4.69, 9.17) is 5.26 Å². The van der Waals surface area contributed by atoms with Gasteiger partial charge in [0.05, 0.1) is 10.5 Å². The molecular formula is C12H8F3N3O3S2. The summed E-state index contributed by atoms with van der Waals surface area (Å²) in [6.45, 7) is 0. The van der Waals surface area contributed by atoms with Gasteiger partial charge in [-0.25, -0.2) is 8.42 Å². The second-order valence-corrected chi connectivity index (χ2v) is 7.32. The third kappa shape index (κ3) is 3.72. The van der Waals surface area contributed by atoms with Crippen LogP contribution in [0.4, 0.5) is 23.9 Å². The Morgan fingerprint density at radius 2 is 1.96 bits per heavy atom. The van der Waals surface area contributed by atoms with Crippen molar-refractivity contribution >= 4 is 32.1 Å². The number of benzene rings is 1. The molecule has 2 rings (SSSR count). The summed E-state index contributed by atoms with van der Waals surface area (Å²) in [6.07, 6.45) is -3.97. The maximum Gasteiger partial charge on any atom is 0.416 e. The number of aromatic nitrogens is 1. The smallest absolute Gasteiger partial charge is 0.345 e. The van der Waals surface area contributed by atoms with Crippen molar-refractivity contribution in [2.75, 3.05) is 11.6 Å². The molecule has 0 bridgehead atoms. The molecule has 11 heteroatoms. The lowest BCUT2D eigenvalue weighted by Gasteiger charge is -2.12. The number of nitrogens with one attached hydrogen (secondary N) is 2. The van der Waals surface area contributed by atoms with Crippen LogP contribution in [0.2, 0.25) is 0 Å². The van der Waals surface area contributed by atoms with E-state index in [1.54, 1.807) is 6.07 Å². The predicted molar refractivity (Wildman–Crippen MR) is 77.5 cm³/mol. The summed E-state index contributed by atoms with van der Waals surface area (Å²) in [7, 11) is -3.88. The number of halogens is 3. The summed E-state index contributed by atoms with van der Waals surface area (Å²) in [5.41, 5.74) is -2.35. The molecule has 0 atom stereocenters. The van der Waals surface area contributed by atoms with Crippen LogP contribution in [0.1, 0.15) is 11.1 Å². The van der Waals surface area contributed by atoms with E-state index in [0.717, 1.165) is 23.9 Å². The summed E-state index contributed by atoms with van der Waals surface area (Å²) in [6, 6.07) is 3.83. The van der Waals surface area contributed by atoms with Crippen molar-refractivity contribution in [1.29, 1.82) is 5.26 Å². The van der Waals surface area contributed by atoms with Crippen molar-refractivity contribution in [2.45, 2.75) is 11.1 Å². The maximum absolute atomic E-state index is 12.9. The SMILES string of the molecule is CS(=O)(=O)c1cc(Nc2s[nH]c(=O)c2C#N)cc(C(F)(F)F)c1. The maximum atomic E-state index is 12.9. The molecule has 0 spiro atoms. The van der Waals surface area contributed by atoms with E-state index in [9.17, 15) is 26.4 Å². The number of rotatable bonds is 3. The highest BCUT2D eigenvalue weighted by molar-refractivity contribution is 7.90. The highest BCUT2D eigenvalue weighted by atomic mass is 32.2. The van der Waals surface area contributed by atoms with Crippen molar-refractivity contribution in [3.05, 3.63) is 39.7 Å². The van der Waals surface area contributed by atoms with Gasteiger partial charge in [-0.2, -0.15) is 18.4 Å². The molecule has 2 aromatic rings. The quantitative estimate of drug-likeness (QED) is 0.872. The molecule has 0 amide bonds. The van der Waals surface area contributed by atoms with E-state index in [1.807, 2.05) is 0 Å². The number of aromatic amines is 1. The van der Waals surface area contributed by atoms with Crippen LogP contribution in [0, 0.1) is 11.3 Å². The molecule has 23 heavy (non-hydrogen) atoms. The Labute approximate surface area is 132 Å². The van der Waals surface area contributed by atoms with Crippen LogP contribution in [0.3, 0.4) is 0 Å². The van der Waals surface area contributed by atoms with Crippen molar-refractivity contribution in [3.63, 3.8) is 0 Å². The molecule has 122 valence electrons. The fraction of sp³-hybridized carbons (Fsp3) is 0.167. The number of hydrogen-bond donors (Lipinski definition) is 2. The summed E-state index contributed by atoms with van der Waals surface area (Å²) >= 11 is 0.720. The molecule has 0 saturated carbocycles. The predicted octanol–water partition coefficient (Wildman–Crippen LogP) is 2.47. The number of anilines is 2. The zero-order chi connectivity index (χ0) is 17.4. The Hall–Kier alpha value is -2.32. The average Bonchev–Trinajstić information content (AvgIpc) is 2.76. The van der Waals surface area contributed by atoms with Crippen LogP contribution in [-0.2, 0) is 16.0 Å². The van der Waals surface area contributed by atoms with Crippen LogP contribution >= 0.6 is 11.5 Å². The zero-order valence-corrected chi connectivity index (χ0v) is 13.0. The van der Waals surface area contributed by atoms with Gasteiger partial charge in [-0.3, -0.25) is 9.17 Å². The van der Waals surface area contributed by atoms with Crippen molar-refractivity contribution in [3.8, 4) is 6.07 Å². The average molecular weight is 363 g/mol. The summed E-state index contributed by atoms with van der Waals surface area (Å²) in [5.74, 6) is 0. The second kappa shape index (κ2) is 5.71. The van der Waals surface area contributed by atoms with Crippen LogP contribution in [0.15, 0.2) is 27.9 Å². The Morgan fingerprint density at radius 3 is 2.48 bits per heavy atom. The Bertz CT molecular complexity index is 952. The fourth-order valence-electron chi connectivity index (χ4n) is 1.67. The monoisotopic (exact) mass is 363 g/mol. The minimum absolute atomic E-state index is 0.00345. The molecule has 0 aliphatic carbocycles. The van der Waals surface area contributed by atoms with Crippen LogP contribution in [0.25, 0.3) is 0 Å². The van der Waals surface area contributed by atoms with Gasteiger partial charge in [0.1, 0.15) is 11.1 Å². The van der Waals surface area contributed by atoms with Gasteiger partial charge in [-0.15, -0.1) is 0 Å². The van der Waals surface area contributed by atoms with Gasteiger partial charge in [0.15, 0.2) is 15.4 Å². The normalized spacial score (nSPS) is 12.0. The number of H-pyrrole nitrogens is 1. The van der Waals surface area contributed by atoms with Gasteiger partial charge in [0.2, 0.25) is 0 Å². The van der Waals surface area contributed by atoms with E-state index < -0.39 is 32.0 Å². The molecule has 0 radical (unpaired) electrons. The first kappa shape index (κ1) is 17.0. The first-order valence-corrected chi connectivity index (χ1v) is 8.54. The number of sulfone groups is 1. The number of nitrogens with zero attached hydrogens (tertiary/aromatic N) is 1.